The van der Waals surface area contributed by atoms with Gasteiger partial charge in [0.15, 0.2) is 6.61 Å². The molecule has 27 heavy (non-hydrogen) atoms. The molecule has 0 atom stereocenters. The third kappa shape index (κ3) is 7.22. The summed E-state index contributed by atoms with van der Waals surface area (Å²) in [5.41, 5.74) is 1.06. The molecule has 2 N–H and O–H groups in total. The lowest BCUT2D eigenvalue weighted by Gasteiger charge is -2.23. The van der Waals surface area contributed by atoms with Gasteiger partial charge in [0.1, 0.15) is 5.82 Å². The Morgan fingerprint density at radius 3 is 2.85 bits per heavy atom. The van der Waals surface area contributed by atoms with Gasteiger partial charge in [-0.05, 0) is 44.5 Å². The second-order valence-corrected chi connectivity index (χ2v) is 6.94. The number of amides is 2. The van der Waals surface area contributed by atoms with Gasteiger partial charge in [-0.25, -0.2) is 9.78 Å². The first-order chi connectivity index (χ1) is 13.0. The number of carbonyl (C=O) groups is 2. The van der Waals surface area contributed by atoms with Crippen molar-refractivity contribution in [2.45, 2.75) is 19.8 Å². The van der Waals surface area contributed by atoms with E-state index in [4.69, 9.17) is 16.3 Å². The van der Waals surface area contributed by atoms with E-state index in [1.807, 2.05) is 19.2 Å². The van der Waals surface area contributed by atoms with Crippen molar-refractivity contribution >= 4 is 29.4 Å². The molecule has 1 aliphatic rings. The average Bonchev–Trinajstić information content (AvgIpc) is 2.89. The van der Waals surface area contributed by atoms with E-state index in [2.05, 4.69) is 25.4 Å². The molecule has 0 aliphatic carbocycles. The summed E-state index contributed by atoms with van der Waals surface area (Å²) < 4.78 is 4.79. The predicted molar refractivity (Wildman–Crippen MR) is 105 cm³/mol. The van der Waals surface area contributed by atoms with E-state index in [1.54, 1.807) is 0 Å². The van der Waals surface area contributed by atoms with Crippen molar-refractivity contribution in [3.63, 3.8) is 0 Å². The molecule has 1 aliphatic heterocycles. The molecule has 1 aromatic rings. The number of pyridine rings is 1. The molecule has 9 heteroatoms. The lowest BCUT2D eigenvalue weighted by Crippen LogP contribution is -2.34. The van der Waals surface area contributed by atoms with E-state index >= 15 is 0 Å². The topological polar surface area (TPSA) is 86.8 Å². The molecular weight excluding hydrogens is 370 g/mol. The molecule has 0 radical (unpaired) electrons. The van der Waals surface area contributed by atoms with Crippen molar-refractivity contribution < 1.29 is 14.3 Å². The molecule has 2 heterocycles. The number of nitrogens with zero attached hydrogens (tertiary/aromatic N) is 3. The van der Waals surface area contributed by atoms with Crippen LogP contribution in [-0.4, -0.2) is 74.8 Å². The third-order valence-electron chi connectivity index (χ3n) is 4.38. The summed E-state index contributed by atoms with van der Waals surface area (Å²) in [6.07, 6.45) is 3.13. The van der Waals surface area contributed by atoms with Crippen LogP contribution in [0.1, 0.15) is 18.4 Å². The number of likely N-dealkylation sites (N-methyl/N-ethyl adjacent to an activating group) is 1. The summed E-state index contributed by atoms with van der Waals surface area (Å²) in [4.78, 5) is 31.6. The Morgan fingerprint density at radius 2 is 2.11 bits per heavy atom. The summed E-state index contributed by atoms with van der Waals surface area (Å²) in [5.74, 6) is 0.520. The fraction of sp³-hybridized carbons (Fsp3) is 0.611. The van der Waals surface area contributed by atoms with Gasteiger partial charge in [0.2, 0.25) is 0 Å². The molecule has 2 rings (SSSR count). The van der Waals surface area contributed by atoms with Gasteiger partial charge in [0.25, 0.3) is 5.91 Å². The van der Waals surface area contributed by atoms with Gasteiger partial charge in [0, 0.05) is 39.4 Å². The number of alkyl carbamates (subject to hydrolysis) is 1. The van der Waals surface area contributed by atoms with Crippen LogP contribution in [0, 0.1) is 6.92 Å². The SMILES string of the molecule is CNC(=O)COC(=O)NCCCN1CCCN(c2ncc(C)cc2Cl)CC1. The Bertz CT molecular complexity index is 643. The smallest absolute Gasteiger partial charge is 0.407 e. The van der Waals surface area contributed by atoms with Crippen LogP contribution in [0.2, 0.25) is 5.02 Å². The molecule has 1 aromatic heterocycles. The van der Waals surface area contributed by atoms with Crippen molar-refractivity contribution in [1.82, 2.24) is 20.5 Å². The number of hydrogen-bond donors (Lipinski definition) is 2. The van der Waals surface area contributed by atoms with Gasteiger partial charge in [-0.1, -0.05) is 11.6 Å². The zero-order valence-electron chi connectivity index (χ0n) is 16.0. The minimum absolute atomic E-state index is 0.264. The maximum atomic E-state index is 11.5. The van der Waals surface area contributed by atoms with Crippen molar-refractivity contribution in [1.29, 1.82) is 0 Å². The number of carbonyl (C=O) groups excluding carboxylic acids is 2. The highest BCUT2D eigenvalue weighted by molar-refractivity contribution is 6.33. The quantitative estimate of drug-likeness (QED) is 0.677. The van der Waals surface area contributed by atoms with E-state index < -0.39 is 6.09 Å². The summed E-state index contributed by atoms with van der Waals surface area (Å²) >= 11 is 6.34. The normalized spacial score (nSPS) is 15.1. The maximum absolute atomic E-state index is 11.5. The molecular formula is C18H28ClN5O3. The summed E-state index contributed by atoms with van der Waals surface area (Å²) in [7, 11) is 1.49. The van der Waals surface area contributed by atoms with Crippen LogP contribution >= 0.6 is 11.6 Å². The fourth-order valence-corrected chi connectivity index (χ4v) is 3.25. The standard InChI is InChI=1S/C18H28ClN5O3/c1-14-11-15(19)17(22-12-14)24-8-4-7-23(9-10-24)6-3-5-21-18(26)27-13-16(25)20-2/h11-12H,3-10,13H2,1-2H3,(H,20,25)(H,21,26). The molecule has 0 spiro atoms. The highest BCUT2D eigenvalue weighted by Crippen LogP contribution is 2.24. The van der Waals surface area contributed by atoms with Crippen molar-refractivity contribution in [2.75, 3.05) is 57.8 Å². The van der Waals surface area contributed by atoms with Gasteiger partial charge in [-0.2, -0.15) is 0 Å². The Hall–Kier alpha value is -2.06. The van der Waals surface area contributed by atoms with E-state index in [0.717, 1.165) is 56.9 Å². The molecule has 2 amide bonds. The molecule has 8 nitrogen and oxygen atoms in total. The number of nitrogens with one attached hydrogen (secondary N) is 2. The van der Waals surface area contributed by atoms with Crippen LogP contribution in [-0.2, 0) is 9.53 Å². The lowest BCUT2D eigenvalue weighted by molar-refractivity contribution is -0.123. The number of halogens is 1. The number of anilines is 1. The van der Waals surface area contributed by atoms with Crippen LogP contribution in [0.5, 0.6) is 0 Å². The van der Waals surface area contributed by atoms with E-state index in [0.29, 0.717) is 11.6 Å². The zero-order chi connectivity index (χ0) is 19.6. The second-order valence-electron chi connectivity index (χ2n) is 6.53. The molecule has 1 saturated heterocycles. The number of aromatic nitrogens is 1. The first-order valence-corrected chi connectivity index (χ1v) is 9.58. The minimum Gasteiger partial charge on any atom is -0.439 e. The molecule has 0 unspecified atom stereocenters. The average molecular weight is 398 g/mol. The highest BCUT2D eigenvalue weighted by Gasteiger charge is 2.18. The summed E-state index contributed by atoms with van der Waals surface area (Å²) in [5, 5.41) is 5.75. The summed E-state index contributed by atoms with van der Waals surface area (Å²) in [6.45, 7) is 6.84. The maximum Gasteiger partial charge on any atom is 0.407 e. The summed E-state index contributed by atoms with van der Waals surface area (Å²) in [6, 6.07) is 1.95. The second kappa shape index (κ2) is 10.9. The Morgan fingerprint density at radius 1 is 1.30 bits per heavy atom. The molecule has 0 saturated carbocycles. The minimum atomic E-state index is -0.569. The zero-order valence-corrected chi connectivity index (χ0v) is 16.7. The van der Waals surface area contributed by atoms with Crippen molar-refractivity contribution in [3.8, 4) is 0 Å². The van der Waals surface area contributed by atoms with Gasteiger partial charge in [0.05, 0.1) is 5.02 Å². The Balaban J connectivity index is 1.67. The van der Waals surface area contributed by atoms with Crippen LogP contribution in [0.25, 0.3) is 0 Å². The number of rotatable bonds is 7. The molecule has 150 valence electrons. The van der Waals surface area contributed by atoms with Gasteiger partial charge in [-0.3, -0.25) is 4.79 Å². The number of aryl methyl sites for hydroxylation is 1. The fourth-order valence-electron chi connectivity index (χ4n) is 2.91. The lowest BCUT2D eigenvalue weighted by atomic mass is 10.3. The van der Waals surface area contributed by atoms with E-state index in [-0.39, 0.29) is 12.5 Å². The van der Waals surface area contributed by atoms with Crippen LogP contribution in [0.15, 0.2) is 12.3 Å². The monoisotopic (exact) mass is 397 g/mol. The predicted octanol–water partition coefficient (Wildman–Crippen LogP) is 1.42. The Kier molecular flexibility index (Phi) is 8.60. The first-order valence-electron chi connectivity index (χ1n) is 9.20. The van der Waals surface area contributed by atoms with Gasteiger partial charge >= 0.3 is 6.09 Å². The van der Waals surface area contributed by atoms with E-state index in [1.165, 1.54) is 7.05 Å². The van der Waals surface area contributed by atoms with Gasteiger partial charge in [-0.15, -0.1) is 0 Å². The number of hydrogen-bond acceptors (Lipinski definition) is 6. The van der Waals surface area contributed by atoms with Crippen LogP contribution in [0.4, 0.5) is 10.6 Å². The van der Waals surface area contributed by atoms with E-state index in [9.17, 15) is 9.59 Å². The highest BCUT2D eigenvalue weighted by atomic mass is 35.5. The van der Waals surface area contributed by atoms with Crippen molar-refractivity contribution in [2.24, 2.45) is 0 Å². The van der Waals surface area contributed by atoms with Crippen LogP contribution < -0.4 is 15.5 Å². The molecule has 1 fully saturated rings. The first kappa shape index (κ1) is 21.2. The third-order valence-corrected chi connectivity index (χ3v) is 4.66. The largest absolute Gasteiger partial charge is 0.439 e. The number of ether oxygens (including phenoxy) is 1. The molecule has 0 bridgehead atoms. The molecule has 0 aromatic carbocycles. The van der Waals surface area contributed by atoms with Crippen LogP contribution in [0.3, 0.4) is 0 Å². The van der Waals surface area contributed by atoms with Crippen molar-refractivity contribution in [3.05, 3.63) is 22.8 Å². The van der Waals surface area contributed by atoms with Gasteiger partial charge < -0.3 is 25.2 Å². The Labute approximate surface area is 165 Å².